The second-order valence-corrected chi connectivity index (χ2v) is 19.4. The molecule has 65 heavy (non-hydrogen) atoms. The summed E-state index contributed by atoms with van der Waals surface area (Å²) in [5.74, 6) is -5.47. The van der Waals surface area contributed by atoms with Crippen LogP contribution in [-0.4, -0.2) is 108 Å². The number of carbonyl (C=O) groups excluding carboxylic acids is 5. The summed E-state index contributed by atoms with van der Waals surface area (Å²) in [6.07, 6.45) is 1.27. The van der Waals surface area contributed by atoms with Gasteiger partial charge in [0, 0.05) is 46.4 Å². The van der Waals surface area contributed by atoms with Crippen LogP contribution in [0.25, 0.3) is 0 Å². The number of fused-ring (bicyclic) bond motifs is 7. The van der Waals surface area contributed by atoms with E-state index in [0.29, 0.717) is 34.4 Å². The van der Waals surface area contributed by atoms with E-state index in [1.54, 1.807) is 38.1 Å². The number of hydrogen-bond acceptors (Lipinski definition) is 13. The Morgan fingerprint density at radius 3 is 2.55 bits per heavy atom. The van der Waals surface area contributed by atoms with Crippen molar-refractivity contribution in [3.05, 3.63) is 76.8 Å². The Bertz CT molecular complexity index is 2390. The molecule has 22 heteroatoms. The van der Waals surface area contributed by atoms with Crippen molar-refractivity contribution in [3.63, 3.8) is 0 Å². The topological polar surface area (TPSA) is 298 Å². The predicted octanol–water partition coefficient (Wildman–Crippen LogP) is 2.97. The number of carboxylic acids is 1. The largest absolute Gasteiger partial charge is 0.481 e. The highest BCUT2D eigenvalue weighted by atomic mass is 79.9. The van der Waals surface area contributed by atoms with Gasteiger partial charge in [0.25, 0.3) is 0 Å². The van der Waals surface area contributed by atoms with E-state index in [9.17, 15) is 58.4 Å². The Morgan fingerprint density at radius 2 is 1.86 bits per heavy atom. The van der Waals surface area contributed by atoms with Crippen LogP contribution >= 0.6 is 23.8 Å². The molecule has 7 rings (SSSR count). The van der Waals surface area contributed by atoms with Crippen molar-refractivity contribution in [2.45, 2.75) is 101 Å². The molecule has 4 fully saturated rings. The van der Waals surface area contributed by atoms with Gasteiger partial charge in [-0.2, -0.15) is 0 Å². The molecule has 2 heterocycles. The van der Waals surface area contributed by atoms with E-state index in [0.717, 1.165) is 0 Å². The van der Waals surface area contributed by atoms with Crippen molar-refractivity contribution in [3.8, 4) is 0 Å². The van der Waals surface area contributed by atoms with Crippen LogP contribution in [0.15, 0.2) is 58.7 Å². The smallest absolute Gasteiger partial charge is 0.470 e. The van der Waals surface area contributed by atoms with Crippen LogP contribution < -0.4 is 16.0 Å². The molecule has 1 aliphatic heterocycles. The number of ketones is 2. The van der Waals surface area contributed by atoms with Crippen molar-refractivity contribution in [1.29, 1.82) is 0 Å². The first-order valence-corrected chi connectivity index (χ1v) is 23.6. The van der Waals surface area contributed by atoms with Crippen LogP contribution in [0.4, 0.5) is 10.1 Å². The number of furan rings is 1. The molecule has 0 unspecified atom stereocenters. The van der Waals surface area contributed by atoms with E-state index in [4.69, 9.17) is 18.4 Å². The number of ether oxygens (including phenoxy) is 2. The predicted molar refractivity (Wildman–Crippen MR) is 226 cm³/mol. The first kappa shape index (κ1) is 48.5. The normalized spacial score (nSPS) is 31.7. The van der Waals surface area contributed by atoms with Crippen molar-refractivity contribution in [1.82, 2.24) is 10.6 Å². The summed E-state index contributed by atoms with van der Waals surface area (Å²) in [5.41, 5.74) is -4.98. The first-order chi connectivity index (χ1) is 30.6. The third kappa shape index (κ3) is 8.94. The van der Waals surface area contributed by atoms with Gasteiger partial charge in [0.05, 0.1) is 37.0 Å². The zero-order chi connectivity index (χ0) is 47.3. The van der Waals surface area contributed by atoms with E-state index in [2.05, 4.69) is 31.9 Å². The lowest BCUT2D eigenvalue weighted by molar-refractivity contribution is -0.231. The van der Waals surface area contributed by atoms with E-state index in [1.165, 1.54) is 24.5 Å². The van der Waals surface area contributed by atoms with Crippen LogP contribution in [0.5, 0.6) is 0 Å². The molecule has 2 aromatic rings. The SMILES string of the molecule is C[C@]12C=CC(=O)C=C1CC[C@H]1[C@@H]3C[C@H]4O[C@@H](c5coc(Cc6ccc(CO)c(NC(=O)[C@H](CCC(=O)O)NC(=O)CNC(=O)CBr)c6)c5)O[C@@]4(C(=O)COP(=O)(O)O)[C@@]3(C)C[C@H](O)[C@@]12F. The lowest BCUT2D eigenvalue weighted by Crippen LogP contribution is -2.69. The second-order valence-electron chi connectivity index (χ2n) is 17.6. The van der Waals surface area contributed by atoms with E-state index < -0.39 is 122 Å². The Kier molecular flexibility index (Phi) is 13.7. The summed E-state index contributed by atoms with van der Waals surface area (Å²) in [5, 5.41) is 38.6. The lowest BCUT2D eigenvalue weighted by Gasteiger charge is -2.62. The number of carbonyl (C=O) groups is 6. The molecular formula is C43H50BrFN3O16P. The van der Waals surface area contributed by atoms with Gasteiger partial charge in [0.2, 0.25) is 17.7 Å². The molecule has 10 atom stereocenters. The van der Waals surface area contributed by atoms with Gasteiger partial charge in [0.1, 0.15) is 18.4 Å². The number of Topliss-reactive ketones (excluding diaryl/α,β-unsaturated/α-hetero) is 1. The van der Waals surface area contributed by atoms with Gasteiger partial charge in [-0.15, -0.1) is 0 Å². The molecule has 19 nitrogen and oxygen atoms in total. The molecule has 5 aliphatic rings. The average molecular weight is 995 g/mol. The Labute approximate surface area is 379 Å². The van der Waals surface area contributed by atoms with Gasteiger partial charge in [-0.05, 0) is 74.8 Å². The van der Waals surface area contributed by atoms with E-state index in [-0.39, 0.29) is 48.9 Å². The Morgan fingerprint density at radius 1 is 1.11 bits per heavy atom. The van der Waals surface area contributed by atoms with Crippen LogP contribution in [0.1, 0.15) is 81.1 Å². The van der Waals surface area contributed by atoms with Crippen molar-refractivity contribution in [2.75, 3.05) is 23.8 Å². The number of alkyl halides is 2. The number of halogens is 2. The van der Waals surface area contributed by atoms with Gasteiger partial charge in [-0.1, -0.05) is 46.6 Å². The van der Waals surface area contributed by atoms with Gasteiger partial charge in [-0.25, -0.2) is 8.96 Å². The highest BCUT2D eigenvalue weighted by Crippen LogP contribution is 2.72. The summed E-state index contributed by atoms with van der Waals surface area (Å²) in [7, 11) is -5.15. The number of anilines is 1. The number of benzene rings is 1. The minimum Gasteiger partial charge on any atom is -0.481 e. The minimum atomic E-state index is -5.15. The lowest BCUT2D eigenvalue weighted by atomic mass is 9.44. The monoisotopic (exact) mass is 993 g/mol. The number of rotatable bonds is 17. The summed E-state index contributed by atoms with van der Waals surface area (Å²) in [6, 6.07) is 5.02. The molecule has 8 N–H and O–H groups in total. The standard InChI is InChI=1S/C43H50BrFN3O16P/c1-40-10-9-26(50)14-25(40)5-6-28-29-15-34-43(33(52)21-62-65(58,59)60,41(29,2)16-32(51)42(28,40)45)64-39(63-34)24-13-27(61-20-24)11-22-3-4-23(19-49)31(12-22)48-38(57)30(7-8-37(55)56)47-36(54)18-46-35(53)17-44/h3-4,9-10,12-14,20,28-30,32,34,39,49,51H,5-8,11,15-19,21H2,1-2H3,(H,46,53)(H,47,54)(H,48,57)(H,55,56)(H2,58,59,60)/t28-,29-,30-,32-,34+,39+,40-,41-,42-,43+/m0/s1. The number of phosphoric ester groups is 1. The number of aliphatic hydroxyl groups is 2. The van der Waals surface area contributed by atoms with Crippen LogP contribution in [0, 0.1) is 22.7 Å². The fraction of sp³-hybridized carbons (Fsp3) is 0.535. The zero-order valence-electron chi connectivity index (χ0n) is 35.3. The van der Waals surface area contributed by atoms with E-state index in [1.807, 2.05) is 0 Å². The maximum absolute atomic E-state index is 17.9. The first-order valence-electron chi connectivity index (χ1n) is 20.9. The summed E-state index contributed by atoms with van der Waals surface area (Å²) in [4.78, 5) is 94.7. The van der Waals surface area contributed by atoms with Gasteiger partial charge in [0.15, 0.2) is 29.1 Å². The molecule has 352 valence electrons. The van der Waals surface area contributed by atoms with E-state index >= 15 is 4.39 Å². The quantitative estimate of drug-likeness (QED) is 0.0835. The average Bonchev–Trinajstić information content (AvgIpc) is 3.94. The number of aliphatic hydroxyl groups excluding tert-OH is 2. The molecule has 4 aliphatic carbocycles. The molecule has 1 saturated heterocycles. The van der Waals surface area contributed by atoms with Crippen LogP contribution in [0.3, 0.4) is 0 Å². The Balaban J connectivity index is 1.11. The van der Waals surface area contributed by atoms with Crippen molar-refractivity contribution >= 4 is 64.7 Å². The third-order valence-corrected chi connectivity index (χ3v) is 14.9. The third-order valence-electron chi connectivity index (χ3n) is 14.0. The highest BCUT2D eigenvalue weighted by Gasteiger charge is 2.79. The molecular weight excluding hydrogens is 944 g/mol. The molecule has 0 bridgehead atoms. The maximum Gasteiger partial charge on any atom is 0.470 e. The van der Waals surface area contributed by atoms with Gasteiger partial charge < -0.3 is 54.9 Å². The maximum atomic E-state index is 17.9. The molecule has 0 spiro atoms. The highest BCUT2D eigenvalue weighted by molar-refractivity contribution is 9.09. The number of aliphatic carboxylic acids is 1. The molecule has 0 radical (unpaired) electrons. The number of carboxylic acid groups (broad SMARTS) is 1. The summed E-state index contributed by atoms with van der Waals surface area (Å²) in [6.45, 7) is 1.31. The minimum absolute atomic E-state index is 0.0637. The number of amides is 3. The summed E-state index contributed by atoms with van der Waals surface area (Å²) >= 11 is 2.96. The fourth-order valence-electron chi connectivity index (χ4n) is 10.9. The molecule has 3 amide bonds. The van der Waals surface area contributed by atoms with Gasteiger partial charge >= 0.3 is 13.8 Å². The van der Waals surface area contributed by atoms with Crippen molar-refractivity contribution in [2.24, 2.45) is 22.7 Å². The van der Waals surface area contributed by atoms with Gasteiger partial charge in [-0.3, -0.25) is 33.3 Å². The molecule has 1 aromatic heterocycles. The summed E-state index contributed by atoms with van der Waals surface area (Å²) < 4.78 is 53.3. The number of nitrogens with one attached hydrogen (secondary N) is 3. The molecule has 3 saturated carbocycles. The van der Waals surface area contributed by atoms with Crippen LogP contribution in [0.2, 0.25) is 0 Å². The number of allylic oxidation sites excluding steroid dienone is 4. The van der Waals surface area contributed by atoms with Crippen molar-refractivity contribution < 1.29 is 81.2 Å². The van der Waals surface area contributed by atoms with Crippen LogP contribution in [-0.2, 0) is 60.4 Å². The fourth-order valence-corrected chi connectivity index (χ4v) is 11.4. The zero-order valence-corrected chi connectivity index (χ0v) is 37.8. The second kappa shape index (κ2) is 18.3. The number of hydrogen-bond donors (Lipinski definition) is 8. The number of phosphoric acid groups is 1. The Hall–Kier alpha value is -4.44. The molecule has 1 aromatic carbocycles.